The molecule has 1 atom stereocenters. The highest BCUT2D eigenvalue weighted by Gasteiger charge is 2.28. The molecule has 3 aromatic carbocycles. The number of ether oxygens (including phenoxy) is 1. The molecule has 36 heavy (non-hydrogen) atoms. The lowest BCUT2D eigenvalue weighted by Gasteiger charge is -2.19. The fourth-order valence-electron chi connectivity index (χ4n) is 3.34. The van der Waals surface area contributed by atoms with E-state index in [9.17, 15) is 38.5 Å². The van der Waals surface area contributed by atoms with Crippen molar-refractivity contribution in [1.82, 2.24) is 0 Å². The number of phenolic OH excluding ortho intramolecular Hbond substituents is 1. The highest BCUT2D eigenvalue weighted by Crippen LogP contribution is 2.32. The summed E-state index contributed by atoms with van der Waals surface area (Å²) >= 11 is 0. The number of benzene rings is 3. The summed E-state index contributed by atoms with van der Waals surface area (Å²) in [5.41, 5.74) is -0.572. The van der Waals surface area contributed by atoms with E-state index in [-0.39, 0.29) is 24.5 Å². The van der Waals surface area contributed by atoms with Gasteiger partial charge in [0, 0.05) is 24.6 Å². The number of carbonyl (C=O) groups excluding carboxylic acids is 1. The minimum absolute atomic E-state index is 0.0237. The maximum atomic E-state index is 13.0. The van der Waals surface area contributed by atoms with Crippen molar-refractivity contribution in [2.45, 2.75) is 29.2 Å². The summed E-state index contributed by atoms with van der Waals surface area (Å²) in [6.07, 6.45) is 0.0595. The van der Waals surface area contributed by atoms with Crippen LogP contribution in [0, 0.1) is 20.2 Å². The molecule has 0 saturated carbocycles. The van der Waals surface area contributed by atoms with Crippen LogP contribution in [0.25, 0.3) is 0 Å². The molecule has 13 heteroatoms. The molecule has 0 radical (unpaired) electrons. The number of hydrogen-bond donors (Lipinski definition) is 2. The van der Waals surface area contributed by atoms with Crippen molar-refractivity contribution < 1.29 is 32.9 Å². The van der Waals surface area contributed by atoms with Crippen molar-refractivity contribution in [3.8, 4) is 5.75 Å². The van der Waals surface area contributed by atoms with Gasteiger partial charge in [-0.05, 0) is 42.8 Å². The SMILES string of the molecule is CCOC(=O)C(Cc1ccc(O)cc1)Nc1ccc(S(=O)(=O)c2cccc([N+](=O)[O-])c2)cc1[N+](=O)[O-]. The summed E-state index contributed by atoms with van der Waals surface area (Å²) in [4.78, 5) is 32.9. The van der Waals surface area contributed by atoms with Gasteiger partial charge in [0.2, 0.25) is 9.84 Å². The van der Waals surface area contributed by atoms with E-state index in [2.05, 4.69) is 5.32 Å². The number of sulfone groups is 1. The van der Waals surface area contributed by atoms with E-state index in [4.69, 9.17) is 4.74 Å². The first-order valence-corrected chi connectivity index (χ1v) is 12.0. The van der Waals surface area contributed by atoms with Gasteiger partial charge < -0.3 is 15.2 Å². The first-order chi connectivity index (χ1) is 17.0. The van der Waals surface area contributed by atoms with Crippen LogP contribution in [0.5, 0.6) is 5.75 Å². The van der Waals surface area contributed by atoms with Crippen molar-refractivity contribution in [1.29, 1.82) is 0 Å². The van der Waals surface area contributed by atoms with Gasteiger partial charge in [0.25, 0.3) is 11.4 Å². The maximum absolute atomic E-state index is 13.0. The summed E-state index contributed by atoms with van der Waals surface area (Å²) in [6, 6.07) is 12.3. The Bertz CT molecular complexity index is 1410. The van der Waals surface area contributed by atoms with Gasteiger partial charge >= 0.3 is 5.97 Å². The van der Waals surface area contributed by atoms with Gasteiger partial charge in [0.15, 0.2) is 0 Å². The van der Waals surface area contributed by atoms with Gasteiger partial charge in [-0.3, -0.25) is 20.2 Å². The Morgan fingerprint density at radius 3 is 2.28 bits per heavy atom. The van der Waals surface area contributed by atoms with Crippen LogP contribution in [0.2, 0.25) is 0 Å². The fourth-order valence-corrected chi connectivity index (χ4v) is 4.66. The molecule has 0 fully saturated rings. The van der Waals surface area contributed by atoms with Crippen LogP contribution >= 0.6 is 0 Å². The normalized spacial score (nSPS) is 11.9. The monoisotopic (exact) mass is 515 g/mol. The van der Waals surface area contributed by atoms with Crippen molar-refractivity contribution in [3.63, 3.8) is 0 Å². The van der Waals surface area contributed by atoms with Gasteiger partial charge in [0.05, 0.1) is 26.2 Å². The lowest BCUT2D eigenvalue weighted by atomic mass is 10.1. The number of non-ortho nitro benzene ring substituents is 1. The van der Waals surface area contributed by atoms with E-state index in [1.807, 2.05) is 0 Å². The number of anilines is 1. The third-order valence-corrected chi connectivity index (χ3v) is 6.84. The number of nitrogens with one attached hydrogen (secondary N) is 1. The van der Waals surface area contributed by atoms with Gasteiger partial charge in [-0.1, -0.05) is 18.2 Å². The molecule has 0 bridgehead atoms. The number of phenols is 1. The number of aromatic hydroxyl groups is 1. The third kappa shape index (κ3) is 5.93. The van der Waals surface area contributed by atoms with Crippen molar-refractivity contribution >= 4 is 32.9 Å². The Morgan fingerprint density at radius 2 is 1.67 bits per heavy atom. The van der Waals surface area contributed by atoms with E-state index >= 15 is 0 Å². The quantitative estimate of drug-likeness (QED) is 0.230. The number of rotatable bonds is 10. The van der Waals surface area contributed by atoms with Crippen LogP contribution in [0.4, 0.5) is 17.1 Å². The van der Waals surface area contributed by atoms with Crippen molar-refractivity contribution in [2.75, 3.05) is 11.9 Å². The number of hydrogen-bond acceptors (Lipinski definition) is 10. The highest BCUT2D eigenvalue weighted by molar-refractivity contribution is 7.91. The van der Waals surface area contributed by atoms with Gasteiger partial charge in [-0.2, -0.15) is 0 Å². The molecule has 0 spiro atoms. The standard InChI is InChI=1S/C23H21N3O9S/c1-2-35-23(28)21(12-15-6-8-17(27)9-7-15)24-20-11-10-19(14-22(20)26(31)32)36(33,34)18-5-3-4-16(13-18)25(29)30/h3-11,13-14,21,24,27H,2,12H2,1H3. The first-order valence-electron chi connectivity index (χ1n) is 10.5. The Balaban J connectivity index is 1.99. The van der Waals surface area contributed by atoms with Crippen LogP contribution in [-0.4, -0.2) is 42.0 Å². The van der Waals surface area contributed by atoms with Crippen molar-refractivity contribution in [3.05, 3.63) is 92.5 Å². The van der Waals surface area contributed by atoms with E-state index in [0.717, 1.165) is 36.4 Å². The number of esters is 1. The fraction of sp³-hybridized carbons (Fsp3) is 0.174. The van der Waals surface area contributed by atoms with Crippen LogP contribution in [0.15, 0.2) is 76.5 Å². The maximum Gasteiger partial charge on any atom is 0.328 e. The average Bonchev–Trinajstić information content (AvgIpc) is 2.85. The van der Waals surface area contributed by atoms with Gasteiger partial charge in [-0.15, -0.1) is 0 Å². The second-order valence-corrected chi connectivity index (χ2v) is 9.46. The molecule has 3 aromatic rings. The lowest BCUT2D eigenvalue weighted by molar-refractivity contribution is -0.385. The van der Waals surface area contributed by atoms with E-state index < -0.39 is 52.9 Å². The Labute approximate surface area is 205 Å². The zero-order chi connectivity index (χ0) is 26.5. The molecule has 0 aliphatic carbocycles. The third-order valence-electron chi connectivity index (χ3n) is 5.09. The molecule has 0 amide bonds. The minimum atomic E-state index is -4.33. The Hall–Kier alpha value is -4.52. The van der Waals surface area contributed by atoms with Crippen molar-refractivity contribution in [2.24, 2.45) is 0 Å². The van der Waals surface area contributed by atoms with E-state index in [0.29, 0.717) is 5.56 Å². The van der Waals surface area contributed by atoms with Gasteiger partial charge in [-0.25, -0.2) is 13.2 Å². The highest BCUT2D eigenvalue weighted by atomic mass is 32.2. The van der Waals surface area contributed by atoms with E-state index in [1.54, 1.807) is 19.1 Å². The number of nitrogens with zero attached hydrogens (tertiary/aromatic N) is 2. The van der Waals surface area contributed by atoms with Crippen LogP contribution in [0.1, 0.15) is 12.5 Å². The molecule has 12 nitrogen and oxygen atoms in total. The zero-order valence-corrected chi connectivity index (χ0v) is 19.7. The van der Waals surface area contributed by atoms with Crippen LogP contribution in [0.3, 0.4) is 0 Å². The number of nitro benzene ring substituents is 2. The predicted octanol–water partition coefficient (Wildman–Crippen LogP) is 3.63. The molecule has 188 valence electrons. The molecule has 1 unspecified atom stereocenters. The molecule has 0 aromatic heterocycles. The second-order valence-electron chi connectivity index (χ2n) is 7.51. The summed E-state index contributed by atoms with van der Waals surface area (Å²) in [5, 5.41) is 35.0. The largest absolute Gasteiger partial charge is 0.508 e. The molecular weight excluding hydrogens is 494 g/mol. The zero-order valence-electron chi connectivity index (χ0n) is 18.9. The Kier molecular flexibility index (Phi) is 7.84. The minimum Gasteiger partial charge on any atom is -0.508 e. The number of nitro groups is 2. The molecule has 0 aliphatic rings. The summed E-state index contributed by atoms with van der Waals surface area (Å²) in [7, 11) is -4.33. The summed E-state index contributed by atoms with van der Waals surface area (Å²) < 4.78 is 31.1. The lowest BCUT2D eigenvalue weighted by Crippen LogP contribution is -2.33. The second kappa shape index (κ2) is 10.8. The van der Waals surface area contributed by atoms with Crippen LogP contribution < -0.4 is 5.32 Å². The Morgan fingerprint density at radius 1 is 1.00 bits per heavy atom. The van der Waals surface area contributed by atoms with Crippen LogP contribution in [-0.2, 0) is 25.8 Å². The molecule has 0 heterocycles. The predicted molar refractivity (Wildman–Crippen MR) is 127 cm³/mol. The molecular formula is C23H21N3O9S. The first kappa shape index (κ1) is 26.1. The number of carbonyl (C=O) groups is 1. The molecule has 3 rings (SSSR count). The topological polar surface area (TPSA) is 179 Å². The molecule has 2 N–H and O–H groups in total. The van der Waals surface area contributed by atoms with E-state index in [1.165, 1.54) is 18.2 Å². The molecule has 0 saturated heterocycles. The average molecular weight is 516 g/mol. The summed E-state index contributed by atoms with van der Waals surface area (Å²) in [6.45, 7) is 1.67. The van der Waals surface area contributed by atoms with Gasteiger partial charge in [0.1, 0.15) is 17.5 Å². The smallest absolute Gasteiger partial charge is 0.328 e. The summed E-state index contributed by atoms with van der Waals surface area (Å²) in [5.74, 6) is -0.663. The molecule has 0 aliphatic heterocycles.